The van der Waals surface area contributed by atoms with E-state index in [1.165, 1.54) is 5.56 Å². The summed E-state index contributed by atoms with van der Waals surface area (Å²) in [6.45, 7) is 2.62. The second kappa shape index (κ2) is 8.89. The fourth-order valence-electron chi connectivity index (χ4n) is 3.23. The van der Waals surface area contributed by atoms with Crippen molar-refractivity contribution in [3.8, 4) is 6.07 Å². The zero-order valence-corrected chi connectivity index (χ0v) is 16.7. The number of rotatable bonds is 6. The Morgan fingerprint density at radius 3 is 2.27 bits per heavy atom. The quantitative estimate of drug-likeness (QED) is 0.454. The maximum atomic E-state index is 9.37. The highest BCUT2D eigenvalue weighted by atomic mass is 15.2. The van der Waals surface area contributed by atoms with Crippen molar-refractivity contribution in [2.45, 2.75) is 13.5 Å². The van der Waals surface area contributed by atoms with Gasteiger partial charge in [-0.05, 0) is 36.8 Å². The second-order valence-electron chi connectivity index (χ2n) is 6.88. The van der Waals surface area contributed by atoms with Crippen LogP contribution in [-0.4, -0.2) is 9.97 Å². The molecule has 4 rings (SSSR count). The van der Waals surface area contributed by atoms with Gasteiger partial charge in [-0.15, -0.1) is 0 Å². The Morgan fingerprint density at radius 2 is 1.53 bits per heavy atom. The van der Waals surface area contributed by atoms with Crippen LogP contribution in [0.5, 0.6) is 0 Å². The number of para-hydroxylation sites is 2. The third-order valence-electron chi connectivity index (χ3n) is 4.66. The van der Waals surface area contributed by atoms with Crippen LogP contribution >= 0.6 is 0 Å². The molecule has 0 unspecified atom stereocenters. The molecule has 0 saturated heterocycles. The number of nitrogens with one attached hydrogen (secondary N) is 1. The van der Waals surface area contributed by atoms with Crippen LogP contribution in [0.2, 0.25) is 0 Å². The molecular formula is C25H21N5. The molecule has 1 aromatic heterocycles. The lowest BCUT2D eigenvalue weighted by Crippen LogP contribution is -2.18. The normalized spacial score (nSPS) is 10.3. The van der Waals surface area contributed by atoms with Crippen LogP contribution < -0.4 is 10.2 Å². The molecule has 30 heavy (non-hydrogen) atoms. The number of nitriles is 1. The van der Waals surface area contributed by atoms with Gasteiger partial charge in [0.1, 0.15) is 11.9 Å². The van der Waals surface area contributed by atoms with E-state index >= 15 is 0 Å². The Balaban J connectivity index is 1.73. The van der Waals surface area contributed by atoms with Crippen molar-refractivity contribution in [2.75, 3.05) is 10.2 Å². The molecule has 0 amide bonds. The maximum Gasteiger partial charge on any atom is 0.229 e. The van der Waals surface area contributed by atoms with Gasteiger partial charge in [-0.3, -0.25) is 0 Å². The number of hydrogen-bond acceptors (Lipinski definition) is 5. The van der Waals surface area contributed by atoms with Crippen molar-refractivity contribution < 1.29 is 0 Å². The van der Waals surface area contributed by atoms with Gasteiger partial charge in [0.05, 0.1) is 11.3 Å². The lowest BCUT2D eigenvalue weighted by atomic mass is 10.2. The van der Waals surface area contributed by atoms with E-state index < -0.39 is 0 Å². The van der Waals surface area contributed by atoms with Gasteiger partial charge in [0.2, 0.25) is 5.95 Å². The Bertz CT molecular complexity index is 1170. The summed E-state index contributed by atoms with van der Waals surface area (Å²) >= 11 is 0. The van der Waals surface area contributed by atoms with Gasteiger partial charge < -0.3 is 10.2 Å². The minimum atomic E-state index is 0.460. The number of anilines is 4. The summed E-state index contributed by atoms with van der Waals surface area (Å²) in [6.07, 6.45) is 0. The molecule has 0 radical (unpaired) electrons. The lowest BCUT2D eigenvalue weighted by molar-refractivity contribution is 0.934. The van der Waals surface area contributed by atoms with E-state index in [0.29, 0.717) is 23.7 Å². The van der Waals surface area contributed by atoms with Gasteiger partial charge in [0.25, 0.3) is 0 Å². The molecule has 1 heterocycles. The van der Waals surface area contributed by atoms with Gasteiger partial charge >= 0.3 is 0 Å². The van der Waals surface area contributed by atoms with Gasteiger partial charge in [-0.25, -0.2) is 4.98 Å². The van der Waals surface area contributed by atoms with Gasteiger partial charge in [-0.1, -0.05) is 60.7 Å². The highest BCUT2D eigenvalue weighted by Crippen LogP contribution is 2.28. The van der Waals surface area contributed by atoms with Crippen LogP contribution in [0.25, 0.3) is 0 Å². The van der Waals surface area contributed by atoms with E-state index in [9.17, 15) is 5.26 Å². The molecule has 0 aliphatic heterocycles. The fraction of sp³-hybridized carbons (Fsp3) is 0.0800. The Hall–Kier alpha value is -4.17. The standard InChI is InChI=1S/C25H21N5/c1-19-16-24(29-25(27-19)28-23-15-9-8-12-21(23)17-26)30(22-13-6-3-7-14-22)18-20-10-4-2-5-11-20/h2-16H,18H2,1H3,(H,27,28,29). The first-order valence-electron chi connectivity index (χ1n) is 9.71. The van der Waals surface area contributed by atoms with E-state index in [0.717, 1.165) is 17.2 Å². The molecule has 0 bridgehead atoms. The fourth-order valence-corrected chi connectivity index (χ4v) is 3.23. The van der Waals surface area contributed by atoms with Crippen molar-refractivity contribution in [1.29, 1.82) is 5.26 Å². The summed E-state index contributed by atoms with van der Waals surface area (Å²) < 4.78 is 0. The highest BCUT2D eigenvalue weighted by molar-refractivity contribution is 5.66. The molecule has 0 aliphatic rings. The number of hydrogen-bond donors (Lipinski definition) is 1. The largest absolute Gasteiger partial charge is 0.323 e. The smallest absolute Gasteiger partial charge is 0.229 e. The Morgan fingerprint density at radius 1 is 0.867 bits per heavy atom. The van der Waals surface area contributed by atoms with Crippen LogP contribution in [0, 0.1) is 18.3 Å². The molecule has 0 aliphatic carbocycles. The summed E-state index contributed by atoms with van der Waals surface area (Å²) in [5.74, 6) is 1.25. The zero-order valence-electron chi connectivity index (χ0n) is 16.7. The minimum absolute atomic E-state index is 0.460. The van der Waals surface area contributed by atoms with E-state index in [2.05, 4.69) is 45.5 Å². The Kier molecular flexibility index (Phi) is 5.68. The number of aryl methyl sites for hydroxylation is 1. The first-order chi connectivity index (χ1) is 14.7. The number of aromatic nitrogens is 2. The molecule has 1 N–H and O–H groups in total. The van der Waals surface area contributed by atoms with Crippen molar-refractivity contribution >= 4 is 23.1 Å². The van der Waals surface area contributed by atoms with Crippen molar-refractivity contribution in [2.24, 2.45) is 0 Å². The van der Waals surface area contributed by atoms with Crippen LogP contribution in [0.4, 0.5) is 23.1 Å². The molecule has 5 nitrogen and oxygen atoms in total. The molecule has 3 aromatic carbocycles. The summed E-state index contributed by atoms with van der Waals surface area (Å²) in [5, 5.41) is 12.6. The predicted octanol–water partition coefficient (Wildman–Crippen LogP) is 5.74. The molecule has 146 valence electrons. The predicted molar refractivity (Wildman–Crippen MR) is 120 cm³/mol. The topological polar surface area (TPSA) is 64.8 Å². The molecule has 4 aromatic rings. The lowest BCUT2D eigenvalue weighted by Gasteiger charge is -2.25. The van der Waals surface area contributed by atoms with Crippen LogP contribution in [-0.2, 0) is 6.54 Å². The van der Waals surface area contributed by atoms with Gasteiger partial charge in [-0.2, -0.15) is 10.2 Å². The van der Waals surface area contributed by atoms with Crippen LogP contribution in [0.3, 0.4) is 0 Å². The first-order valence-corrected chi connectivity index (χ1v) is 9.71. The van der Waals surface area contributed by atoms with Crippen LogP contribution in [0.1, 0.15) is 16.8 Å². The highest BCUT2D eigenvalue weighted by Gasteiger charge is 2.14. The zero-order chi connectivity index (χ0) is 20.8. The van der Waals surface area contributed by atoms with E-state index in [4.69, 9.17) is 4.98 Å². The molecule has 0 fully saturated rings. The second-order valence-corrected chi connectivity index (χ2v) is 6.88. The summed E-state index contributed by atoms with van der Waals surface area (Å²) in [5.41, 5.74) is 4.30. The van der Waals surface area contributed by atoms with Gasteiger partial charge in [0, 0.05) is 24.0 Å². The Labute approximate surface area is 176 Å². The molecule has 0 saturated carbocycles. The first kappa shape index (κ1) is 19.2. The summed E-state index contributed by atoms with van der Waals surface area (Å²) in [6, 6.07) is 32.0. The summed E-state index contributed by atoms with van der Waals surface area (Å²) in [4.78, 5) is 11.5. The third kappa shape index (κ3) is 4.45. The molecular weight excluding hydrogens is 370 g/mol. The average molecular weight is 391 g/mol. The van der Waals surface area contributed by atoms with E-state index in [1.807, 2.05) is 67.6 Å². The summed E-state index contributed by atoms with van der Waals surface area (Å²) in [7, 11) is 0. The van der Waals surface area contributed by atoms with Crippen molar-refractivity contribution in [1.82, 2.24) is 9.97 Å². The maximum absolute atomic E-state index is 9.37. The van der Waals surface area contributed by atoms with E-state index in [1.54, 1.807) is 6.07 Å². The van der Waals surface area contributed by atoms with E-state index in [-0.39, 0.29) is 0 Å². The minimum Gasteiger partial charge on any atom is -0.323 e. The van der Waals surface area contributed by atoms with Crippen molar-refractivity contribution in [3.63, 3.8) is 0 Å². The average Bonchev–Trinajstić information content (AvgIpc) is 2.79. The third-order valence-corrected chi connectivity index (χ3v) is 4.66. The monoisotopic (exact) mass is 391 g/mol. The van der Waals surface area contributed by atoms with Crippen LogP contribution in [0.15, 0.2) is 91.0 Å². The molecule has 0 atom stereocenters. The molecule has 0 spiro atoms. The van der Waals surface area contributed by atoms with Crippen molar-refractivity contribution in [3.05, 3.63) is 108 Å². The van der Waals surface area contributed by atoms with Gasteiger partial charge in [0.15, 0.2) is 0 Å². The number of benzene rings is 3. The number of nitrogens with zero attached hydrogens (tertiary/aromatic N) is 4. The SMILES string of the molecule is Cc1cc(N(Cc2ccccc2)c2ccccc2)nc(Nc2ccccc2C#N)n1. The molecule has 5 heteroatoms.